The molecule has 7 nitrogen and oxygen atoms in total. The second kappa shape index (κ2) is 7.84. The molecule has 0 bridgehead atoms. The van der Waals surface area contributed by atoms with Crippen molar-refractivity contribution >= 4 is 20.0 Å². The molecule has 0 amide bonds. The first kappa shape index (κ1) is 18.5. The van der Waals surface area contributed by atoms with E-state index in [1.165, 1.54) is 16.4 Å². The van der Waals surface area contributed by atoms with Crippen molar-refractivity contribution in [3.05, 3.63) is 60.4 Å². The summed E-state index contributed by atoms with van der Waals surface area (Å²) >= 11 is 0. The Morgan fingerprint density at radius 3 is 2.25 bits per heavy atom. The lowest BCUT2D eigenvalue weighted by Crippen LogP contribution is -2.37. The highest BCUT2D eigenvalue weighted by Crippen LogP contribution is 2.08. The van der Waals surface area contributed by atoms with Gasteiger partial charge in [-0.15, -0.1) is 0 Å². The SMILES string of the molecule is CS(=O)(=O)N(CCNS(=O)(=O)c1ccccc1)Cc1ccccn1. The summed E-state index contributed by atoms with van der Waals surface area (Å²) in [6.07, 6.45) is 2.66. The molecule has 0 unspecified atom stereocenters. The molecule has 0 aliphatic heterocycles. The van der Waals surface area contributed by atoms with Gasteiger partial charge in [0, 0.05) is 19.3 Å². The Morgan fingerprint density at radius 1 is 1.00 bits per heavy atom. The Balaban J connectivity index is 2.01. The van der Waals surface area contributed by atoms with E-state index in [1.54, 1.807) is 42.6 Å². The number of benzene rings is 1. The molecule has 1 aromatic heterocycles. The maximum absolute atomic E-state index is 12.1. The third-order valence-corrected chi connectivity index (χ3v) is 5.97. The van der Waals surface area contributed by atoms with E-state index in [9.17, 15) is 16.8 Å². The van der Waals surface area contributed by atoms with Gasteiger partial charge in [0.05, 0.1) is 23.4 Å². The smallest absolute Gasteiger partial charge is 0.240 e. The van der Waals surface area contributed by atoms with Gasteiger partial charge in [-0.05, 0) is 24.3 Å². The van der Waals surface area contributed by atoms with Gasteiger partial charge in [-0.2, -0.15) is 4.31 Å². The summed E-state index contributed by atoms with van der Waals surface area (Å²) in [6.45, 7) is 0.0747. The monoisotopic (exact) mass is 369 g/mol. The second-order valence-electron chi connectivity index (χ2n) is 5.13. The van der Waals surface area contributed by atoms with Crippen molar-refractivity contribution in [1.29, 1.82) is 0 Å². The summed E-state index contributed by atoms with van der Waals surface area (Å²) in [7, 11) is -7.15. The van der Waals surface area contributed by atoms with E-state index in [2.05, 4.69) is 9.71 Å². The van der Waals surface area contributed by atoms with Crippen LogP contribution in [0, 0.1) is 0 Å². The quantitative estimate of drug-likeness (QED) is 0.743. The van der Waals surface area contributed by atoms with E-state index in [4.69, 9.17) is 0 Å². The van der Waals surface area contributed by atoms with Crippen LogP contribution in [0.15, 0.2) is 59.6 Å². The molecule has 1 heterocycles. The zero-order valence-corrected chi connectivity index (χ0v) is 14.8. The average molecular weight is 369 g/mol. The van der Waals surface area contributed by atoms with Crippen LogP contribution >= 0.6 is 0 Å². The molecule has 0 spiro atoms. The van der Waals surface area contributed by atoms with Gasteiger partial charge in [-0.3, -0.25) is 4.98 Å². The van der Waals surface area contributed by atoms with Crippen molar-refractivity contribution < 1.29 is 16.8 Å². The van der Waals surface area contributed by atoms with Gasteiger partial charge in [0.25, 0.3) is 0 Å². The number of aromatic nitrogens is 1. The molecule has 0 atom stereocenters. The van der Waals surface area contributed by atoms with E-state index >= 15 is 0 Å². The summed E-state index contributed by atoms with van der Waals surface area (Å²) in [6, 6.07) is 13.1. The topological polar surface area (TPSA) is 96.4 Å². The van der Waals surface area contributed by atoms with Crippen molar-refractivity contribution in [2.24, 2.45) is 0 Å². The van der Waals surface area contributed by atoms with Gasteiger partial charge in [-0.25, -0.2) is 21.6 Å². The predicted molar refractivity (Wildman–Crippen MR) is 91.1 cm³/mol. The molecule has 0 saturated heterocycles. The first-order valence-electron chi connectivity index (χ1n) is 7.19. The fraction of sp³-hybridized carbons (Fsp3) is 0.267. The molecule has 1 aromatic carbocycles. The van der Waals surface area contributed by atoms with Gasteiger partial charge in [0.15, 0.2) is 0 Å². The minimum atomic E-state index is -3.66. The van der Waals surface area contributed by atoms with E-state index in [1.807, 2.05) is 0 Å². The summed E-state index contributed by atoms with van der Waals surface area (Å²) in [4.78, 5) is 4.23. The highest BCUT2D eigenvalue weighted by Gasteiger charge is 2.19. The average Bonchev–Trinajstić information content (AvgIpc) is 2.55. The maximum Gasteiger partial charge on any atom is 0.240 e. The number of nitrogens with one attached hydrogen (secondary N) is 1. The summed E-state index contributed by atoms with van der Waals surface area (Å²) in [5.74, 6) is 0. The number of nitrogens with zero attached hydrogens (tertiary/aromatic N) is 2. The van der Waals surface area contributed by atoms with Crippen molar-refractivity contribution in [2.45, 2.75) is 11.4 Å². The Labute approximate surface area is 142 Å². The minimum Gasteiger partial charge on any atom is -0.260 e. The fourth-order valence-corrected chi connectivity index (χ4v) is 3.85. The van der Waals surface area contributed by atoms with Gasteiger partial charge < -0.3 is 0 Å². The van der Waals surface area contributed by atoms with Crippen molar-refractivity contribution in [2.75, 3.05) is 19.3 Å². The number of rotatable bonds is 8. The number of sulfonamides is 2. The molecule has 2 rings (SSSR count). The highest BCUT2D eigenvalue weighted by atomic mass is 32.2. The largest absolute Gasteiger partial charge is 0.260 e. The lowest BCUT2D eigenvalue weighted by molar-refractivity contribution is 0.408. The van der Waals surface area contributed by atoms with Crippen LogP contribution in [-0.2, 0) is 26.6 Å². The first-order valence-corrected chi connectivity index (χ1v) is 10.5. The van der Waals surface area contributed by atoms with Crippen molar-refractivity contribution in [1.82, 2.24) is 14.0 Å². The maximum atomic E-state index is 12.1. The third-order valence-electron chi connectivity index (χ3n) is 3.24. The number of hydrogen-bond acceptors (Lipinski definition) is 5. The molecular formula is C15H19N3O4S2. The second-order valence-corrected chi connectivity index (χ2v) is 8.88. The molecule has 24 heavy (non-hydrogen) atoms. The number of pyridine rings is 1. The van der Waals surface area contributed by atoms with Crippen LogP contribution < -0.4 is 4.72 Å². The van der Waals surface area contributed by atoms with E-state index in [-0.39, 0.29) is 24.5 Å². The molecule has 2 aromatic rings. The van der Waals surface area contributed by atoms with E-state index in [0.29, 0.717) is 5.69 Å². The Morgan fingerprint density at radius 2 is 1.67 bits per heavy atom. The molecule has 0 radical (unpaired) electrons. The van der Waals surface area contributed by atoms with E-state index < -0.39 is 20.0 Å². The molecule has 0 saturated carbocycles. The van der Waals surface area contributed by atoms with Crippen molar-refractivity contribution in [3.63, 3.8) is 0 Å². The van der Waals surface area contributed by atoms with Crippen LogP contribution in [0.25, 0.3) is 0 Å². The van der Waals surface area contributed by atoms with Crippen LogP contribution in [0.2, 0.25) is 0 Å². The van der Waals surface area contributed by atoms with Crippen LogP contribution in [-0.4, -0.2) is 45.5 Å². The van der Waals surface area contributed by atoms with Crippen molar-refractivity contribution in [3.8, 4) is 0 Å². The first-order chi connectivity index (χ1) is 11.3. The van der Waals surface area contributed by atoms with Crippen LogP contribution in [0.3, 0.4) is 0 Å². The zero-order valence-electron chi connectivity index (χ0n) is 13.2. The molecule has 9 heteroatoms. The van der Waals surface area contributed by atoms with Gasteiger partial charge in [0.1, 0.15) is 0 Å². The molecule has 0 aliphatic rings. The minimum absolute atomic E-state index is 0.0153. The third kappa shape index (κ3) is 5.38. The summed E-state index contributed by atoms with van der Waals surface area (Å²) < 4.78 is 51.6. The van der Waals surface area contributed by atoms with Gasteiger partial charge in [-0.1, -0.05) is 24.3 Å². The van der Waals surface area contributed by atoms with Crippen LogP contribution in [0.4, 0.5) is 0 Å². The molecule has 1 N–H and O–H groups in total. The summed E-state index contributed by atoms with van der Waals surface area (Å²) in [5, 5.41) is 0. The normalized spacial score (nSPS) is 12.4. The molecule has 0 aliphatic carbocycles. The zero-order chi connectivity index (χ0) is 17.6. The predicted octanol–water partition coefficient (Wildman–Crippen LogP) is 0.822. The standard InChI is InChI=1S/C15H19N3O4S2/c1-23(19,20)18(13-14-7-5-6-10-16-14)12-11-17-24(21,22)15-8-3-2-4-9-15/h2-10,17H,11-13H2,1H3. The van der Waals surface area contributed by atoms with Crippen LogP contribution in [0.5, 0.6) is 0 Å². The van der Waals surface area contributed by atoms with Gasteiger partial charge >= 0.3 is 0 Å². The summed E-state index contributed by atoms with van der Waals surface area (Å²) in [5.41, 5.74) is 0.592. The molecule has 0 fully saturated rings. The van der Waals surface area contributed by atoms with Gasteiger partial charge in [0.2, 0.25) is 20.0 Å². The fourth-order valence-electron chi connectivity index (χ4n) is 2.02. The molecule has 130 valence electrons. The Bertz CT molecular complexity index is 854. The Hall–Kier alpha value is -1.81. The number of hydrogen-bond donors (Lipinski definition) is 1. The van der Waals surface area contributed by atoms with E-state index in [0.717, 1.165) is 6.26 Å². The van der Waals surface area contributed by atoms with Crippen LogP contribution in [0.1, 0.15) is 5.69 Å². The lowest BCUT2D eigenvalue weighted by Gasteiger charge is -2.19. The Kier molecular flexibility index (Phi) is 6.05. The molecular weight excluding hydrogens is 350 g/mol. The lowest BCUT2D eigenvalue weighted by atomic mass is 10.3. The highest BCUT2D eigenvalue weighted by molar-refractivity contribution is 7.89.